The number of nitrogens with zero attached hydrogens (tertiary/aromatic N) is 4. The molecule has 0 atom stereocenters. The van der Waals surface area contributed by atoms with Crippen molar-refractivity contribution in [1.29, 1.82) is 0 Å². The molecule has 0 N–H and O–H groups in total. The molecule has 9 heteroatoms. The molecule has 2 aliphatic rings. The summed E-state index contributed by atoms with van der Waals surface area (Å²) >= 11 is 0. The summed E-state index contributed by atoms with van der Waals surface area (Å²) in [4.78, 5) is 14.4. The molecule has 1 amide bonds. The van der Waals surface area contributed by atoms with E-state index in [1.807, 2.05) is 10.7 Å². The van der Waals surface area contributed by atoms with E-state index in [1.165, 1.54) is 0 Å². The number of aromatic nitrogens is 2. The minimum Gasteiger partial charge on any atom is -0.383 e. The van der Waals surface area contributed by atoms with Gasteiger partial charge in [0.25, 0.3) is 0 Å². The van der Waals surface area contributed by atoms with Gasteiger partial charge in [0.1, 0.15) is 5.82 Å². The molecule has 1 aromatic heterocycles. The molecule has 1 spiro atoms. The van der Waals surface area contributed by atoms with Crippen molar-refractivity contribution in [2.75, 3.05) is 38.3 Å². The van der Waals surface area contributed by atoms with Crippen molar-refractivity contribution in [3.05, 3.63) is 12.3 Å². The minimum atomic E-state index is -3.26. The van der Waals surface area contributed by atoms with Crippen LogP contribution in [-0.2, 0) is 25.1 Å². The molecular weight excluding hydrogens is 344 g/mol. The molecule has 3 rings (SSSR count). The zero-order chi connectivity index (χ0) is 18.2. The van der Waals surface area contributed by atoms with Gasteiger partial charge in [-0.3, -0.25) is 9.69 Å². The fourth-order valence-corrected chi connectivity index (χ4v) is 5.00. The van der Waals surface area contributed by atoms with Gasteiger partial charge in [-0.2, -0.15) is 5.10 Å². The number of hydrogen-bond acceptors (Lipinski definition) is 5. The molecule has 3 heterocycles. The lowest BCUT2D eigenvalue weighted by molar-refractivity contribution is -0.122. The third-order valence-electron chi connectivity index (χ3n) is 5.26. The zero-order valence-corrected chi connectivity index (χ0v) is 15.8. The van der Waals surface area contributed by atoms with E-state index in [1.54, 1.807) is 36.4 Å². The maximum atomic E-state index is 12.7. The zero-order valence-electron chi connectivity index (χ0n) is 15.0. The Bertz CT molecular complexity index is 735. The summed E-state index contributed by atoms with van der Waals surface area (Å²) in [5.74, 6) is 0.818. The van der Waals surface area contributed by atoms with Gasteiger partial charge in [0.05, 0.1) is 36.6 Å². The Kier molecular flexibility index (Phi) is 4.91. The normalized spacial score (nSPS) is 21.1. The molecule has 0 aliphatic carbocycles. The molecule has 0 aromatic carbocycles. The second-order valence-corrected chi connectivity index (χ2v) is 9.52. The first-order valence-electron chi connectivity index (χ1n) is 8.64. The van der Waals surface area contributed by atoms with Crippen LogP contribution < -0.4 is 4.90 Å². The molecule has 1 saturated heterocycles. The number of carbonyl (C=O) groups is 1. The van der Waals surface area contributed by atoms with E-state index in [2.05, 4.69) is 5.10 Å². The van der Waals surface area contributed by atoms with Gasteiger partial charge in [0.15, 0.2) is 0 Å². The summed E-state index contributed by atoms with van der Waals surface area (Å²) in [5, 5.41) is 4.03. The third kappa shape index (κ3) is 3.09. The molecule has 8 nitrogen and oxygen atoms in total. The van der Waals surface area contributed by atoms with Gasteiger partial charge < -0.3 is 4.74 Å². The largest absolute Gasteiger partial charge is 0.383 e. The van der Waals surface area contributed by atoms with Crippen molar-refractivity contribution in [3.63, 3.8) is 0 Å². The smallest absolute Gasteiger partial charge is 0.230 e. The van der Waals surface area contributed by atoms with Crippen molar-refractivity contribution in [2.24, 2.45) is 0 Å². The Morgan fingerprint density at radius 3 is 2.60 bits per heavy atom. The van der Waals surface area contributed by atoms with E-state index in [-0.39, 0.29) is 5.91 Å². The van der Waals surface area contributed by atoms with Crippen LogP contribution in [0.4, 0.5) is 5.82 Å². The quantitative estimate of drug-likeness (QED) is 0.765. The van der Waals surface area contributed by atoms with Crippen LogP contribution in [0.1, 0.15) is 33.1 Å². The lowest BCUT2D eigenvalue weighted by Gasteiger charge is -2.46. The Morgan fingerprint density at radius 1 is 1.32 bits per heavy atom. The highest BCUT2D eigenvalue weighted by molar-refractivity contribution is 7.89. The van der Waals surface area contributed by atoms with Crippen LogP contribution in [0.3, 0.4) is 0 Å². The van der Waals surface area contributed by atoms with Crippen LogP contribution in [0.2, 0.25) is 0 Å². The highest BCUT2D eigenvalue weighted by Crippen LogP contribution is 2.41. The molecule has 0 bridgehead atoms. The molecule has 25 heavy (non-hydrogen) atoms. The fourth-order valence-electron chi connectivity index (χ4n) is 3.71. The molecule has 2 aliphatic heterocycles. The van der Waals surface area contributed by atoms with E-state index in [0.717, 1.165) is 5.82 Å². The lowest BCUT2D eigenvalue weighted by Crippen LogP contribution is -2.55. The van der Waals surface area contributed by atoms with E-state index >= 15 is 0 Å². The van der Waals surface area contributed by atoms with Crippen LogP contribution >= 0.6 is 0 Å². The van der Waals surface area contributed by atoms with Gasteiger partial charge in [-0.05, 0) is 26.7 Å². The maximum absolute atomic E-state index is 12.7. The van der Waals surface area contributed by atoms with Crippen LogP contribution in [-0.4, -0.2) is 67.0 Å². The molecule has 0 unspecified atom stereocenters. The summed E-state index contributed by atoms with van der Waals surface area (Å²) < 4.78 is 33.4. The third-order valence-corrected chi connectivity index (χ3v) is 7.53. The minimum absolute atomic E-state index is 0.0465. The number of ether oxygens (including phenoxy) is 1. The van der Waals surface area contributed by atoms with Crippen molar-refractivity contribution in [1.82, 2.24) is 14.1 Å². The summed E-state index contributed by atoms with van der Waals surface area (Å²) in [6.07, 6.45) is 3.24. The number of piperidine rings is 1. The predicted octanol–water partition coefficient (Wildman–Crippen LogP) is 0.796. The Labute approximate surface area is 148 Å². The van der Waals surface area contributed by atoms with E-state index in [4.69, 9.17) is 4.74 Å². The standard InChI is InChI=1S/C16H26N4O4S/c1-13(2)25(22,23)18-8-5-16(6-9-18)12-15(21)19(10-11-24-3)14-4-7-17-20(14)16/h4,7,13H,5-6,8-12H2,1-3H3. The highest BCUT2D eigenvalue weighted by Gasteiger charge is 2.47. The van der Waals surface area contributed by atoms with Crippen LogP contribution in [0, 0.1) is 0 Å². The Hall–Kier alpha value is -1.45. The maximum Gasteiger partial charge on any atom is 0.230 e. The average Bonchev–Trinajstić information content (AvgIpc) is 3.05. The van der Waals surface area contributed by atoms with E-state index in [0.29, 0.717) is 45.5 Å². The summed E-state index contributed by atoms with van der Waals surface area (Å²) in [6, 6.07) is 1.84. The van der Waals surface area contributed by atoms with Gasteiger partial charge in [0.2, 0.25) is 15.9 Å². The topological polar surface area (TPSA) is 84.7 Å². The number of methoxy groups -OCH3 is 1. The number of amides is 1. The Balaban J connectivity index is 1.84. The first-order chi connectivity index (χ1) is 11.8. The molecule has 1 fully saturated rings. The number of hydrogen-bond donors (Lipinski definition) is 0. The highest BCUT2D eigenvalue weighted by atomic mass is 32.2. The second-order valence-electron chi connectivity index (χ2n) is 7.03. The van der Waals surface area contributed by atoms with Crippen LogP contribution in [0.15, 0.2) is 12.3 Å². The van der Waals surface area contributed by atoms with Crippen molar-refractivity contribution in [2.45, 2.75) is 43.9 Å². The van der Waals surface area contributed by atoms with Gasteiger partial charge in [-0.15, -0.1) is 0 Å². The van der Waals surface area contributed by atoms with Crippen LogP contribution in [0.25, 0.3) is 0 Å². The molecule has 0 saturated carbocycles. The fraction of sp³-hybridized carbons (Fsp3) is 0.750. The van der Waals surface area contributed by atoms with E-state index in [9.17, 15) is 13.2 Å². The first kappa shape index (κ1) is 18.3. The van der Waals surface area contributed by atoms with Crippen molar-refractivity contribution < 1.29 is 17.9 Å². The molecule has 1 aromatic rings. The van der Waals surface area contributed by atoms with E-state index < -0.39 is 20.8 Å². The summed E-state index contributed by atoms with van der Waals surface area (Å²) in [6.45, 7) is 5.19. The van der Waals surface area contributed by atoms with Crippen molar-refractivity contribution >= 4 is 21.7 Å². The predicted molar refractivity (Wildman–Crippen MR) is 93.9 cm³/mol. The monoisotopic (exact) mass is 370 g/mol. The molecule has 0 radical (unpaired) electrons. The van der Waals surface area contributed by atoms with Gasteiger partial charge in [-0.1, -0.05) is 0 Å². The lowest BCUT2D eigenvalue weighted by atomic mass is 9.83. The number of fused-ring (bicyclic) bond motifs is 2. The Morgan fingerprint density at radius 2 is 2.00 bits per heavy atom. The SMILES string of the molecule is COCCN1C(=O)CC2(CCN(S(=O)(=O)C(C)C)CC2)n2nccc21. The summed E-state index contributed by atoms with van der Waals surface area (Å²) in [7, 11) is -1.65. The average molecular weight is 370 g/mol. The molecular formula is C16H26N4O4S. The number of rotatable bonds is 5. The van der Waals surface area contributed by atoms with Gasteiger partial charge >= 0.3 is 0 Å². The summed E-state index contributed by atoms with van der Waals surface area (Å²) in [5.41, 5.74) is -0.428. The second kappa shape index (κ2) is 6.69. The number of anilines is 1. The van der Waals surface area contributed by atoms with Gasteiger partial charge in [-0.25, -0.2) is 17.4 Å². The van der Waals surface area contributed by atoms with Crippen molar-refractivity contribution in [3.8, 4) is 0 Å². The molecule has 140 valence electrons. The number of carbonyl (C=O) groups excluding carboxylic acids is 1. The first-order valence-corrected chi connectivity index (χ1v) is 10.1. The van der Waals surface area contributed by atoms with Crippen LogP contribution in [0.5, 0.6) is 0 Å². The number of sulfonamides is 1. The van der Waals surface area contributed by atoms with Gasteiger partial charge in [0, 0.05) is 26.3 Å².